The molecule has 8 heteroatoms. The summed E-state index contributed by atoms with van der Waals surface area (Å²) < 4.78 is 3.66. The second kappa shape index (κ2) is 8.13. The highest BCUT2D eigenvalue weighted by Gasteiger charge is 2.43. The zero-order chi connectivity index (χ0) is 19.7. The van der Waals surface area contributed by atoms with Crippen molar-refractivity contribution in [2.24, 2.45) is 13.0 Å². The van der Waals surface area contributed by atoms with Gasteiger partial charge in [-0.05, 0) is 24.8 Å². The molecule has 1 N–H and O–H groups in total. The minimum Gasteiger partial charge on any atom is -0.353 e. The Balaban J connectivity index is 1.63. The third-order valence-corrected chi connectivity index (χ3v) is 6.52. The predicted molar refractivity (Wildman–Crippen MR) is 110 cm³/mol. The monoisotopic (exact) mass is 401 g/mol. The molecule has 4 rings (SSSR count). The van der Waals surface area contributed by atoms with Gasteiger partial charge in [0.1, 0.15) is 6.04 Å². The quantitative estimate of drug-likeness (QED) is 0.737. The SMILES string of the molecule is CSCCNC(=O)[C@H]1[C@H]2C[C@H](CN(Cc3ccnn3C)C2)c2cccc(=O)n21. The molecule has 0 aliphatic carbocycles. The number of nitrogens with one attached hydrogen (secondary N) is 1. The number of fused-ring (bicyclic) bond motifs is 4. The molecule has 1 amide bonds. The molecule has 0 saturated carbocycles. The molecule has 0 unspecified atom stereocenters. The standard InChI is InChI=1S/C20H27N5O2S/c1-23-16(6-7-22-23)13-24-11-14-10-15(12-24)19(20(27)21-8-9-28-2)25-17(14)4-3-5-18(25)26/h3-7,14-15,19H,8-13H2,1-2H3,(H,21,27)/t14-,15+,19-/m1/s1. The summed E-state index contributed by atoms with van der Waals surface area (Å²) in [5.41, 5.74) is 2.08. The van der Waals surface area contributed by atoms with E-state index in [-0.39, 0.29) is 23.3 Å². The third-order valence-electron chi connectivity index (χ3n) is 5.91. The fraction of sp³-hybridized carbons (Fsp3) is 0.550. The molecule has 0 radical (unpaired) electrons. The second-order valence-corrected chi connectivity index (χ2v) is 8.71. The number of piperidine rings is 1. The van der Waals surface area contributed by atoms with Gasteiger partial charge in [-0.1, -0.05) is 6.07 Å². The summed E-state index contributed by atoms with van der Waals surface area (Å²) >= 11 is 1.70. The van der Waals surface area contributed by atoms with Crippen LogP contribution >= 0.6 is 11.8 Å². The van der Waals surface area contributed by atoms with Crippen LogP contribution in [0.25, 0.3) is 0 Å². The summed E-state index contributed by atoms with van der Waals surface area (Å²) in [6.45, 7) is 3.14. The number of nitrogens with zero attached hydrogens (tertiary/aromatic N) is 4. The Hall–Kier alpha value is -2.06. The molecular formula is C20H27N5O2S. The Morgan fingerprint density at radius 1 is 1.32 bits per heavy atom. The third kappa shape index (κ3) is 3.63. The lowest BCUT2D eigenvalue weighted by Gasteiger charge is -2.46. The number of hydrogen-bond acceptors (Lipinski definition) is 5. The number of amides is 1. The van der Waals surface area contributed by atoms with Gasteiger partial charge in [0.2, 0.25) is 5.91 Å². The van der Waals surface area contributed by atoms with Gasteiger partial charge in [-0.3, -0.25) is 23.7 Å². The van der Waals surface area contributed by atoms with Crippen LogP contribution < -0.4 is 10.9 Å². The van der Waals surface area contributed by atoms with Crippen LogP contribution in [-0.2, 0) is 18.4 Å². The van der Waals surface area contributed by atoms with E-state index in [1.807, 2.05) is 42.4 Å². The average Bonchev–Trinajstić information content (AvgIpc) is 3.07. The smallest absolute Gasteiger partial charge is 0.251 e. The highest BCUT2D eigenvalue weighted by molar-refractivity contribution is 7.98. The summed E-state index contributed by atoms with van der Waals surface area (Å²) in [6, 6.07) is 7.00. The normalized spacial score (nSPS) is 24.0. The van der Waals surface area contributed by atoms with Crippen molar-refractivity contribution in [2.75, 3.05) is 31.6 Å². The maximum Gasteiger partial charge on any atom is 0.251 e. The second-order valence-electron chi connectivity index (χ2n) is 7.72. The number of carbonyl (C=O) groups is 1. The zero-order valence-electron chi connectivity index (χ0n) is 16.4. The van der Waals surface area contributed by atoms with Gasteiger partial charge in [-0.25, -0.2) is 0 Å². The maximum absolute atomic E-state index is 13.1. The van der Waals surface area contributed by atoms with Gasteiger partial charge in [0.25, 0.3) is 5.56 Å². The molecule has 0 aromatic carbocycles. The van der Waals surface area contributed by atoms with Crippen molar-refractivity contribution in [1.29, 1.82) is 0 Å². The van der Waals surface area contributed by atoms with Crippen LogP contribution in [0.4, 0.5) is 0 Å². The van der Waals surface area contributed by atoms with Crippen molar-refractivity contribution in [1.82, 2.24) is 24.6 Å². The summed E-state index contributed by atoms with van der Waals surface area (Å²) in [5.74, 6) is 1.24. The van der Waals surface area contributed by atoms with Crippen molar-refractivity contribution in [2.45, 2.75) is 24.9 Å². The number of carbonyl (C=O) groups excluding carboxylic acids is 1. The number of likely N-dealkylation sites (tertiary alicyclic amines) is 1. The first kappa shape index (κ1) is 19.3. The minimum atomic E-state index is -0.434. The number of thioether (sulfide) groups is 1. The maximum atomic E-state index is 13.1. The first-order chi connectivity index (χ1) is 13.6. The number of hydrogen-bond donors (Lipinski definition) is 1. The van der Waals surface area contributed by atoms with E-state index in [0.29, 0.717) is 6.54 Å². The van der Waals surface area contributed by atoms with Crippen LogP contribution in [0.1, 0.15) is 29.8 Å². The molecule has 2 aliphatic rings. The molecule has 2 aromatic heterocycles. The van der Waals surface area contributed by atoms with Gasteiger partial charge >= 0.3 is 0 Å². The van der Waals surface area contributed by atoms with Crippen LogP contribution in [0.15, 0.2) is 35.3 Å². The molecule has 2 aliphatic heterocycles. The number of pyridine rings is 1. The Morgan fingerprint density at radius 3 is 2.93 bits per heavy atom. The first-order valence-electron chi connectivity index (χ1n) is 9.76. The van der Waals surface area contributed by atoms with E-state index < -0.39 is 6.04 Å². The zero-order valence-corrected chi connectivity index (χ0v) is 17.2. The van der Waals surface area contributed by atoms with Gasteiger partial charge in [-0.15, -0.1) is 0 Å². The summed E-state index contributed by atoms with van der Waals surface area (Å²) in [4.78, 5) is 28.1. The minimum absolute atomic E-state index is 0.0329. The van der Waals surface area contributed by atoms with E-state index in [9.17, 15) is 9.59 Å². The lowest BCUT2D eigenvalue weighted by molar-refractivity contribution is -0.127. The van der Waals surface area contributed by atoms with Crippen LogP contribution in [-0.4, -0.2) is 56.8 Å². The Morgan fingerprint density at radius 2 is 2.18 bits per heavy atom. The van der Waals surface area contributed by atoms with E-state index in [4.69, 9.17) is 0 Å². The molecule has 2 bridgehead atoms. The van der Waals surface area contributed by atoms with Gasteiger partial charge in [0, 0.05) is 68.8 Å². The van der Waals surface area contributed by atoms with Crippen LogP contribution in [0.3, 0.4) is 0 Å². The number of aryl methyl sites for hydroxylation is 1. The Labute approximate surface area is 169 Å². The molecule has 150 valence electrons. The van der Waals surface area contributed by atoms with Crippen molar-refractivity contribution in [3.05, 3.63) is 52.2 Å². The van der Waals surface area contributed by atoms with E-state index >= 15 is 0 Å². The fourth-order valence-corrected chi connectivity index (χ4v) is 4.97. The van der Waals surface area contributed by atoms with Crippen molar-refractivity contribution in [3.63, 3.8) is 0 Å². The van der Waals surface area contributed by atoms with E-state index in [0.717, 1.165) is 43.2 Å². The van der Waals surface area contributed by atoms with Crippen LogP contribution in [0.5, 0.6) is 0 Å². The molecular weight excluding hydrogens is 374 g/mol. The van der Waals surface area contributed by atoms with Crippen molar-refractivity contribution >= 4 is 17.7 Å². The largest absolute Gasteiger partial charge is 0.353 e. The van der Waals surface area contributed by atoms with Gasteiger partial charge in [0.05, 0.1) is 5.69 Å². The highest BCUT2D eigenvalue weighted by atomic mass is 32.2. The predicted octanol–water partition coefficient (Wildman–Crippen LogP) is 1.22. The van der Waals surface area contributed by atoms with Crippen molar-refractivity contribution in [3.8, 4) is 0 Å². The van der Waals surface area contributed by atoms with Gasteiger partial charge in [0.15, 0.2) is 0 Å². The fourth-order valence-electron chi connectivity index (χ4n) is 4.66. The van der Waals surface area contributed by atoms with E-state index in [1.165, 1.54) is 0 Å². The molecule has 4 heterocycles. The topological polar surface area (TPSA) is 72.2 Å². The molecule has 0 spiro atoms. The molecule has 3 atom stereocenters. The highest BCUT2D eigenvalue weighted by Crippen LogP contribution is 2.41. The van der Waals surface area contributed by atoms with E-state index in [1.54, 1.807) is 22.4 Å². The van der Waals surface area contributed by atoms with E-state index in [2.05, 4.69) is 15.3 Å². The van der Waals surface area contributed by atoms with Crippen molar-refractivity contribution < 1.29 is 4.79 Å². The number of rotatable bonds is 6. The van der Waals surface area contributed by atoms with Crippen LogP contribution in [0.2, 0.25) is 0 Å². The lowest BCUT2D eigenvalue weighted by Crippen LogP contribution is -2.53. The Bertz CT molecular complexity index is 908. The Kier molecular flexibility index (Phi) is 5.59. The molecule has 7 nitrogen and oxygen atoms in total. The van der Waals surface area contributed by atoms with Gasteiger partial charge in [-0.2, -0.15) is 16.9 Å². The number of aromatic nitrogens is 3. The average molecular weight is 402 g/mol. The summed E-state index contributed by atoms with van der Waals surface area (Å²) in [6.07, 6.45) is 4.79. The first-order valence-corrected chi connectivity index (χ1v) is 11.1. The molecule has 1 fully saturated rings. The lowest BCUT2D eigenvalue weighted by atomic mass is 9.78. The van der Waals surface area contributed by atoms with Crippen LogP contribution in [0, 0.1) is 5.92 Å². The molecule has 28 heavy (non-hydrogen) atoms. The molecule has 2 aromatic rings. The summed E-state index contributed by atoms with van der Waals surface area (Å²) in [7, 11) is 1.96. The molecule has 1 saturated heterocycles. The summed E-state index contributed by atoms with van der Waals surface area (Å²) in [5, 5.41) is 7.31. The van der Waals surface area contributed by atoms with Gasteiger partial charge < -0.3 is 5.32 Å².